The van der Waals surface area contributed by atoms with Crippen molar-refractivity contribution in [2.45, 2.75) is 36.6 Å². The zero-order valence-electron chi connectivity index (χ0n) is 9.45. The van der Waals surface area contributed by atoms with Crippen molar-refractivity contribution in [1.82, 2.24) is 9.55 Å². The number of nitrogens with two attached hydrogens (primary N) is 1. The molecule has 8 heteroatoms. The Morgan fingerprint density at radius 2 is 2.33 bits per heavy atom. The Hall–Kier alpha value is -1.51. The van der Waals surface area contributed by atoms with E-state index in [9.17, 15) is 19.4 Å². The highest BCUT2D eigenvalue weighted by Crippen LogP contribution is 2.62. The summed E-state index contributed by atoms with van der Waals surface area (Å²) in [6.45, 7) is 1.39. The lowest BCUT2D eigenvalue weighted by Crippen LogP contribution is -2.38. The maximum absolute atomic E-state index is 14.1. The van der Waals surface area contributed by atoms with Crippen LogP contribution >= 0.6 is 0 Å². The van der Waals surface area contributed by atoms with E-state index < -0.39 is 35.4 Å². The summed E-state index contributed by atoms with van der Waals surface area (Å²) in [6.07, 6.45) is -3.29. The molecule has 2 aliphatic rings. The van der Waals surface area contributed by atoms with E-state index in [1.807, 2.05) is 0 Å². The second-order valence-electron chi connectivity index (χ2n) is 4.79. The third-order valence-electron chi connectivity index (χ3n) is 3.81. The van der Waals surface area contributed by atoms with E-state index >= 15 is 0 Å². The first-order valence-corrected chi connectivity index (χ1v) is 5.39. The number of aliphatic hydroxyl groups excluding tert-OH is 1. The van der Waals surface area contributed by atoms with Gasteiger partial charge in [0, 0.05) is 6.20 Å². The zero-order valence-corrected chi connectivity index (χ0v) is 9.45. The largest absolute Gasteiger partial charge is 0.387 e. The normalized spacial score (nSPS) is 45.9. The van der Waals surface area contributed by atoms with Gasteiger partial charge in [0.2, 0.25) is 0 Å². The van der Waals surface area contributed by atoms with Crippen LogP contribution < -0.4 is 11.4 Å². The standard InChI is InChI=1S/C10H12FN3O4/c1-9-7(15)10(9,17)5(11)6(18-9)14-3-2-4(12)13-8(14)16/h2-3,5-7,15,17H,1H3,(H2,12,13,16)/t5-,6+,7?,9+,10-/m0/s1. The molecule has 2 heterocycles. The van der Waals surface area contributed by atoms with E-state index in [2.05, 4.69) is 4.98 Å². The molecular formula is C10H12FN3O4. The highest BCUT2D eigenvalue weighted by Gasteiger charge is 2.85. The lowest BCUT2D eigenvalue weighted by molar-refractivity contribution is -0.0878. The van der Waals surface area contributed by atoms with E-state index in [1.165, 1.54) is 19.2 Å². The Morgan fingerprint density at radius 3 is 2.83 bits per heavy atom. The highest BCUT2D eigenvalue weighted by molar-refractivity contribution is 5.34. The number of alkyl halides is 1. The van der Waals surface area contributed by atoms with Gasteiger partial charge in [0.05, 0.1) is 0 Å². The highest BCUT2D eigenvalue weighted by atomic mass is 19.1. The Morgan fingerprint density at radius 1 is 1.67 bits per heavy atom. The fourth-order valence-electron chi connectivity index (χ4n) is 2.51. The lowest BCUT2D eigenvalue weighted by Gasteiger charge is -2.21. The average molecular weight is 257 g/mol. The van der Waals surface area contributed by atoms with Crippen molar-refractivity contribution in [2.75, 3.05) is 5.73 Å². The van der Waals surface area contributed by atoms with Crippen molar-refractivity contribution >= 4 is 5.82 Å². The number of nitrogen functional groups attached to an aromatic ring is 1. The number of aliphatic hydroxyl groups is 2. The quantitative estimate of drug-likeness (QED) is 0.568. The van der Waals surface area contributed by atoms with Gasteiger partial charge in [-0.1, -0.05) is 0 Å². The maximum atomic E-state index is 14.1. The number of fused-ring (bicyclic) bond motifs is 1. The number of hydrogen-bond acceptors (Lipinski definition) is 6. The van der Waals surface area contributed by atoms with Gasteiger partial charge in [0.1, 0.15) is 17.5 Å². The number of anilines is 1. The Balaban J connectivity index is 2.00. The van der Waals surface area contributed by atoms with Crippen LogP contribution in [0.5, 0.6) is 0 Å². The molecule has 1 unspecified atom stereocenters. The summed E-state index contributed by atoms with van der Waals surface area (Å²) in [6, 6.07) is 1.32. The number of hydrogen-bond donors (Lipinski definition) is 3. The second kappa shape index (κ2) is 3.08. The van der Waals surface area contributed by atoms with Gasteiger partial charge in [0.15, 0.2) is 18.0 Å². The third kappa shape index (κ3) is 1.08. The van der Waals surface area contributed by atoms with Crippen molar-refractivity contribution in [3.8, 4) is 0 Å². The van der Waals surface area contributed by atoms with Gasteiger partial charge in [-0.25, -0.2) is 9.18 Å². The number of halogens is 1. The molecule has 0 amide bonds. The summed E-state index contributed by atoms with van der Waals surface area (Å²) in [5.41, 5.74) is 1.19. The minimum atomic E-state index is -1.97. The summed E-state index contributed by atoms with van der Waals surface area (Å²) < 4.78 is 20.3. The van der Waals surface area contributed by atoms with E-state index in [0.29, 0.717) is 0 Å². The molecule has 18 heavy (non-hydrogen) atoms. The van der Waals surface area contributed by atoms with Gasteiger partial charge in [-0.3, -0.25) is 4.57 Å². The first kappa shape index (κ1) is 11.6. The number of rotatable bonds is 1. The van der Waals surface area contributed by atoms with Crippen molar-refractivity contribution in [1.29, 1.82) is 0 Å². The monoisotopic (exact) mass is 257 g/mol. The fourth-order valence-corrected chi connectivity index (χ4v) is 2.51. The molecular weight excluding hydrogens is 245 g/mol. The predicted molar refractivity (Wildman–Crippen MR) is 57.3 cm³/mol. The van der Waals surface area contributed by atoms with Gasteiger partial charge >= 0.3 is 5.69 Å². The fraction of sp³-hybridized carbons (Fsp3) is 0.600. The van der Waals surface area contributed by atoms with Crippen molar-refractivity contribution in [3.63, 3.8) is 0 Å². The van der Waals surface area contributed by atoms with Crippen molar-refractivity contribution < 1.29 is 19.3 Å². The lowest BCUT2D eigenvalue weighted by atomic mass is 10.1. The number of nitrogens with zero attached hydrogens (tertiary/aromatic N) is 2. The molecule has 0 aromatic carbocycles. The van der Waals surface area contributed by atoms with E-state index in [-0.39, 0.29) is 5.82 Å². The van der Waals surface area contributed by atoms with Crippen LogP contribution in [-0.2, 0) is 4.74 Å². The molecule has 5 atom stereocenters. The topological polar surface area (TPSA) is 111 Å². The van der Waals surface area contributed by atoms with Crippen LogP contribution in [0.2, 0.25) is 0 Å². The first-order valence-electron chi connectivity index (χ1n) is 5.39. The van der Waals surface area contributed by atoms with Crippen LogP contribution in [0.15, 0.2) is 17.1 Å². The summed E-state index contributed by atoms with van der Waals surface area (Å²) in [4.78, 5) is 15.0. The molecule has 1 saturated heterocycles. The van der Waals surface area contributed by atoms with Crippen LogP contribution in [-0.4, -0.2) is 43.2 Å². The maximum Gasteiger partial charge on any atom is 0.351 e. The molecule has 1 aliphatic carbocycles. The van der Waals surface area contributed by atoms with Gasteiger partial charge in [-0.2, -0.15) is 4.98 Å². The van der Waals surface area contributed by atoms with Crippen LogP contribution in [0.3, 0.4) is 0 Å². The van der Waals surface area contributed by atoms with E-state index in [0.717, 1.165) is 4.57 Å². The molecule has 0 radical (unpaired) electrons. The van der Waals surface area contributed by atoms with Crippen molar-refractivity contribution in [2.24, 2.45) is 0 Å². The Kier molecular flexibility index (Phi) is 1.98. The molecule has 1 aliphatic heterocycles. The van der Waals surface area contributed by atoms with E-state index in [4.69, 9.17) is 10.5 Å². The molecule has 98 valence electrons. The predicted octanol–water partition coefficient (Wildman–Crippen LogP) is -1.44. The van der Waals surface area contributed by atoms with Gasteiger partial charge in [-0.15, -0.1) is 0 Å². The van der Waals surface area contributed by atoms with Gasteiger partial charge in [0.25, 0.3) is 0 Å². The minimum absolute atomic E-state index is 0.0137. The van der Waals surface area contributed by atoms with Crippen LogP contribution in [0.25, 0.3) is 0 Å². The smallest absolute Gasteiger partial charge is 0.351 e. The molecule has 7 nitrogen and oxygen atoms in total. The average Bonchev–Trinajstić information content (AvgIpc) is 2.62. The number of aromatic nitrogens is 2. The van der Waals surface area contributed by atoms with Crippen molar-refractivity contribution in [3.05, 3.63) is 22.7 Å². The summed E-state index contributed by atoms with van der Waals surface area (Å²) in [5.74, 6) is 0.0137. The summed E-state index contributed by atoms with van der Waals surface area (Å²) >= 11 is 0. The third-order valence-corrected chi connectivity index (χ3v) is 3.81. The SMILES string of the molecule is C[C@]12O[C@@H](n3ccc(N)nc3=O)[C@H](F)[C@]1(O)C2O. The number of ether oxygens (including phenoxy) is 1. The Bertz CT molecular complexity index is 578. The molecule has 1 aromatic heterocycles. The zero-order chi connectivity index (χ0) is 13.3. The molecule has 1 aromatic rings. The van der Waals surface area contributed by atoms with Crippen LogP contribution in [0.1, 0.15) is 13.2 Å². The summed E-state index contributed by atoms with van der Waals surface area (Å²) in [7, 11) is 0. The minimum Gasteiger partial charge on any atom is -0.387 e. The first-order chi connectivity index (χ1) is 8.32. The van der Waals surface area contributed by atoms with Gasteiger partial charge in [-0.05, 0) is 13.0 Å². The van der Waals surface area contributed by atoms with Crippen LogP contribution in [0, 0.1) is 0 Å². The summed E-state index contributed by atoms with van der Waals surface area (Å²) in [5, 5.41) is 19.4. The second-order valence-corrected chi connectivity index (χ2v) is 4.79. The van der Waals surface area contributed by atoms with Crippen LogP contribution in [0.4, 0.5) is 10.2 Å². The molecule has 3 rings (SSSR count). The molecule has 0 spiro atoms. The molecule has 2 fully saturated rings. The Labute approximate surface area is 101 Å². The molecule has 1 saturated carbocycles. The molecule has 4 N–H and O–H groups in total. The van der Waals surface area contributed by atoms with Gasteiger partial charge < -0.3 is 20.7 Å². The van der Waals surface area contributed by atoms with E-state index in [1.54, 1.807) is 0 Å². The molecule has 0 bridgehead atoms.